The van der Waals surface area contributed by atoms with Crippen LogP contribution >= 0.6 is 210 Å². The first-order chi connectivity index (χ1) is 44.8. The van der Waals surface area contributed by atoms with Crippen molar-refractivity contribution in [2.75, 3.05) is 18.1 Å². The Labute approximate surface area is 748 Å². The summed E-state index contributed by atoms with van der Waals surface area (Å²) >= 11 is 90.9. The normalized spacial score (nSPS) is 26.7. The number of aliphatic hydroxyl groups is 5. The Kier molecular flexibility index (Phi) is 64.2. The summed E-state index contributed by atoms with van der Waals surface area (Å²) in [6, 6.07) is 0.287. The first-order valence-electron chi connectivity index (χ1n) is 33.3. The third-order valence-corrected chi connectivity index (χ3v) is 27.9. The van der Waals surface area contributed by atoms with Crippen LogP contribution in [0.3, 0.4) is 0 Å². The minimum Gasteiger partial charge on any atom is -0.481 e. The van der Waals surface area contributed by atoms with Crippen LogP contribution in [-0.2, 0) is 74.9 Å². The van der Waals surface area contributed by atoms with Crippen LogP contribution in [0.4, 0.5) is 0 Å². The van der Waals surface area contributed by atoms with E-state index < -0.39 is 90.1 Å². The van der Waals surface area contributed by atoms with Crippen molar-refractivity contribution in [2.24, 2.45) is 80.2 Å². The molecule has 0 spiro atoms. The number of carbonyl (C=O) groups is 2. The molecular formula is C66H126Cl18N4O12S4Ti. The largest absolute Gasteiger partial charge is 0.481 e. The van der Waals surface area contributed by atoms with Gasteiger partial charge in [-0.1, -0.05) is 13.8 Å². The van der Waals surface area contributed by atoms with Crippen molar-refractivity contribution in [1.82, 2.24) is 0 Å². The number of rotatable bonds is 13. The summed E-state index contributed by atoms with van der Waals surface area (Å²) < 4.78 is 43.6. The molecule has 636 valence electrons. The van der Waals surface area contributed by atoms with Gasteiger partial charge < -0.3 is 46.9 Å². The topological polar surface area (TPSA) is 314 Å². The van der Waals surface area contributed by atoms with Gasteiger partial charge >= 0.3 is 5.97 Å². The predicted octanol–water partition coefficient (Wildman–Crippen LogP) is 19.1. The molecule has 12 N–H and O–H groups in total. The second kappa shape index (κ2) is 53.6. The number of aliphatic carboxylic acids is 1. The van der Waals surface area contributed by atoms with Gasteiger partial charge in [0.25, 0.3) is 0 Å². The molecule has 0 aromatic carbocycles. The smallest absolute Gasteiger partial charge is 0.309 e. The molecule has 105 heavy (non-hydrogen) atoms. The molecule has 16 atom stereocenters. The van der Waals surface area contributed by atoms with Crippen LogP contribution in [0.2, 0.25) is 0 Å². The standard InChI is InChI=1S/2C10H18Cl2OS.C8H13Cl2NOS.2C5H9Cl2N.C4H4Cl2O2.C4H6Cl2O.C4H4Cl2O.C4H11NOS.4C3H8O.2ClH.Ti/c2*1-7(8-5-10(8,11)12)6-14(13)9(2,3)4;1-7(2,3)13(12)11-5-6-4-8(6,9)10;2*1-3(8)4-2-5(4,6)7;5-4(6)1-2(4)3(7)8;2*5-4(6)1-3(4)2-7;1-4(2,3)7(5)6;4*1-3(2)4;;;/h2*7-8H,5-6H2,1-4H3;5-6H,4H2,1-3H3;2*3-4H,2,8H2,1H3;2H,1H2,(H,7,8);3,7H,1-2H2;2-3H,1H2;5H2,1-3H3;4*3-4H,1-2H3;2*1H;/t7-,8+,14+;7-,8+,14-;6?,13-;2*3-,4-;;;;7-;;;;;;;/m01010...0......./s1. The maximum atomic E-state index is 11.8. The van der Waals surface area contributed by atoms with Crippen molar-refractivity contribution >= 4 is 272 Å². The summed E-state index contributed by atoms with van der Waals surface area (Å²) in [4.78, 5) is 19.8. The first kappa shape index (κ1) is 126. The molecule has 8 saturated carbocycles. The van der Waals surface area contributed by atoms with Gasteiger partial charge in [-0.3, -0.25) is 18.4 Å². The van der Waals surface area contributed by atoms with E-state index in [1.165, 1.54) is 0 Å². The Morgan fingerprint density at radius 1 is 0.448 bits per heavy atom. The third kappa shape index (κ3) is 65.6. The van der Waals surface area contributed by atoms with E-state index in [2.05, 4.69) is 18.2 Å². The SMILES string of the molecule is CC(C)(C)[S@@](N)=O.CC(C)(C)[S@](=O)N=CC1CC1(Cl)Cl.CC(C)O.CC(C)O.CC(C)O.CC(C)O.C[C@@H](C[S@@](=O)C(C)(C)C)[C@H]1CC1(Cl)Cl.C[C@@H](N)[C@H]1CC1(Cl)Cl.C[C@H](C[S@@](=O)C(C)(C)C)[C@@H]1CC1(Cl)Cl.C[C@H](N)[C@@H]1CC1(Cl)Cl.Cl.Cl.O=C(O)C1CC1(Cl)Cl.O=CC1CC1(Cl)Cl.OCC1CC1(Cl)Cl.[Ti]. The van der Waals surface area contributed by atoms with Gasteiger partial charge in [0.15, 0.2) is 0 Å². The molecule has 0 bridgehead atoms. The van der Waals surface area contributed by atoms with Crippen molar-refractivity contribution in [3.63, 3.8) is 0 Å². The zero-order valence-corrected chi connectivity index (χ0v) is 83.5. The van der Waals surface area contributed by atoms with Gasteiger partial charge in [0.05, 0.1) is 32.3 Å². The fourth-order valence-electron chi connectivity index (χ4n) is 6.54. The number of carboxylic acid groups (broad SMARTS) is 1. The summed E-state index contributed by atoms with van der Waals surface area (Å²) in [6.07, 6.45) is 7.60. The van der Waals surface area contributed by atoms with Gasteiger partial charge in [-0.05, 0) is 227 Å². The molecule has 8 rings (SSSR count). The van der Waals surface area contributed by atoms with E-state index in [0.29, 0.717) is 66.3 Å². The Hall–Kier alpha value is 5.02. The molecule has 16 nitrogen and oxygen atoms in total. The zero-order chi connectivity index (χ0) is 83.0. The van der Waals surface area contributed by atoms with Crippen LogP contribution in [0, 0.1) is 59.2 Å². The van der Waals surface area contributed by atoms with Crippen molar-refractivity contribution in [2.45, 2.75) is 308 Å². The van der Waals surface area contributed by atoms with Gasteiger partial charge in [0.1, 0.15) is 51.9 Å². The van der Waals surface area contributed by atoms with Crippen molar-refractivity contribution in [3.05, 3.63) is 0 Å². The van der Waals surface area contributed by atoms with Crippen LogP contribution in [0.5, 0.6) is 0 Å². The third-order valence-electron chi connectivity index (χ3n) is 14.0. The number of halogens is 18. The van der Waals surface area contributed by atoms with Gasteiger partial charge in [-0.15, -0.1) is 210 Å². The van der Waals surface area contributed by atoms with Gasteiger partial charge in [0.2, 0.25) is 0 Å². The Bertz CT molecular complexity index is 2450. The van der Waals surface area contributed by atoms with Crippen LogP contribution < -0.4 is 16.6 Å². The summed E-state index contributed by atoms with van der Waals surface area (Å²) in [5.74, 6) is 2.08. The maximum Gasteiger partial charge on any atom is 0.309 e. The van der Waals surface area contributed by atoms with E-state index in [0.717, 1.165) is 38.4 Å². The quantitative estimate of drug-likeness (QED) is 0.0358. The number of hydrogen-bond acceptors (Lipinski definition) is 13. The monoisotopic (exact) mass is 1970 g/mol. The van der Waals surface area contributed by atoms with E-state index in [9.17, 15) is 26.4 Å². The Morgan fingerprint density at radius 2 is 0.667 bits per heavy atom. The minimum atomic E-state index is -1.20. The van der Waals surface area contributed by atoms with E-state index in [1.54, 1.807) is 61.6 Å². The summed E-state index contributed by atoms with van der Waals surface area (Å²) in [5.41, 5.74) is 11.0. The average molecular weight is 1980 g/mol. The summed E-state index contributed by atoms with van der Waals surface area (Å²) in [7, 11) is -3.98. The van der Waals surface area contributed by atoms with Crippen LogP contribution in [0.1, 0.15) is 218 Å². The van der Waals surface area contributed by atoms with Crippen LogP contribution in [-0.4, -0.2) is 174 Å². The second-order valence-corrected chi connectivity index (χ2v) is 52.2. The van der Waals surface area contributed by atoms with Gasteiger partial charge in [-0.25, -0.2) is 8.42 Å². The number of aldehydes is 1. The molecule has 0 aromatic heterocycles. The number of carbonyl (C=O) groups excluding carboxylic acids is 1. The minimum absolute atomic E-state index is 0. The number of nitrogens with zero attached hydrogens (tertiary/aromatic N) is 1. The first-order valence-corrected chi connectivity index (χ1v) is 44.3. The molecule has 0 radical (unpaired) electrons. The van der Waals surface area contributed by atoms with E-state index in [4.69, 9.17) is 233 Å². The Morgan fingerprint density at radius 3 is 0.743 bits per heavy atom. The molecule has 39 heteroatoms. The van der Waals surface area contributed by atoms with Gasteiger partial charge in [0, 0.05) is 137 Å². The molecule has 0 aromatic rings. The van der Waals surface area contributed by atoms with Crippen molar-refractivity contribution in [3.8, 4) is 0 Å². The maximum absolute atomic E-state index is 11.8. The molecular weight excluding hydrogens is 1860 g/mol. The average Bonchev–Trinajstić information content (AvgIpc) is 1.66. The van der Waals surface area contributed by atoms with Crippen LogP contribution in [0.15, 0.2) is 4.40 Å². The van der Waals surface area contributed by atoms with E-state index >= 15 is 0 Å². The predicted molar refractivity (Wildman–Crippen MR) is 465 cm³/mol. The number of aliphatic hydroxyl groups excluding tert-OH is 5. The molecule has 0 saturated heterocycles. The molecule has 0 aliphatic heterocycles. The fraction of sp³-hybridized carbons (Fsp3) is 0.955. The van der Waals surface area contributed by atoms with Gasteiger partial charge in [-0.2, -0.15) is 4.40 Å². The number of alkyl halides is 16. The Balaban J connectivity index is -0.000000165. The summed E-state index contributed by atoms with van der Waals surface area (Å²) in [5, 5.41) is 53.9. The number of hydrogen-bond donors (Lipinski definition) is 9. The molecule has 4 unspecified atom stereocenters. The molecule has 8 aliphatic rings. The molecule has 8 aliphatic carbocycles. The number of carboxylic acids is 1. The zero-order valence-electron chi connectivity index (χ0n) is 65.0. The fourth-order valence-corrected chi connectivity index (χ4v) is 14.4. The van der Waals surface area contributed by atoms with Crippen LogP contribution in [0.25, 0.3) is 0 Å². The molecule has 8 fully saturated rings. The molecule has 0 heterocycles. The van der Waals surface area contributed by atoms with Crippen molar-refractivity contribution < 1.29 is 78.8 Å². The van der Waals surface area contributed by atoms with E-state index in [1.807, 2.05) is 96.9 Å². The van der Waals surface area contributed by atoms with Crippen molar-refractivity contribution in [1.29, 1.82) is 0 Å². The molecule has 0 amide bonds. The second-order valence-electron chi connectivity index (χ2n) is 31.6. The number of nitrogens with two attached hydrogens (primary N) is 3. The summed E-state index contributed by atoms with van der Waals surface area (Å²) in [6.45, 7) is 45.0. The van der Waals surface area contributed by atoms with E-state index in [-0.39, 0.29) is 126 Å².